The number of ketones is 1. The van der Waals surface area contributed by atoms with E-state index in [4.69, 9.17) is 0 Å². The molecule has 3 nitrogen and oxygen atoms in total. The summed E-state index contributed by atoms with van der Waals surface area (Å²) in [4.78, 5) is 22.1. The monoisotopic (exact) mass is 186 g/mol. The van der Waals surface area contributed by atoms with Crippen molar-refractivity contribution in [1.82, 2.24) is 0 Å². The van der Waals surface area contributed by atoms with E-state index in [0.29, 0.717) is 6.42 Å². The number of ether oxygens (including phenoxy) is 1. The summed E-state index contributed by atoms with van der Waals surface area (Å²) in [6.45, 7) is 1.66. The molecule has 0 saturated heterocycles. The van der Waals surface area contributed by atoms with Crippen molar-refractivity contribution in [3.05, 3.63) is 12.2 Å². The molecule has 0 heterocycles. The van der Waals surface area contributed by atoms with Gasteiger partial charge in [-0.1, -0.05) is 6.08 Å². The van der Waals surface area contributed by atoms with E-state index < -0.39 is 17.4 Å². The Morgan fingerprint density at radius 1 is 1.77 bits per heavy atom. The number of halogens is 1. The topological polar surface area (TPSA) is 43.4 Å². The van der Waals surface area contributed by atoms with Gasteiger partial charge in [0.05, 0.1) is 6.61 Å². The minimum absolute atomic E-state index is 0.0848. The third kappa shape index (κ3) is 1.76. The Labute approximate surface area is 75.6 Å². The van der Waals surface area contributed by atoms with E-state index in [-0.39, 0.29) is 13.0 Å². The highest BCUT2D eigenvalue weighted by molar-refractivity contribution is 6.12. The van der Waals surface area contributed by atoms with Crippen LogP contribution in [0.3, 0.4) is 0 Å². The van der Waals surface area contributed by atoms with Gasteiger partial charge in [-0.15, -0.1) is 0 Å². The molecule has 0 N–H and O–H groups in total. The molecule has 1 aliphatic carbocycles. The van der Waals surface area contributed by atoms with Crippen molar-refractivity contribution in [2.75, 3.05) is 6.61 Å². The fourth-order valence-corrected chi connectivity index (χ4v) is 1.18. The lowest BCUT2D eigenvalue weighted by Gasteiger charge is -2.22. The summed E-state index contributed by atoms with van der Waals surface area (Å²) in [5.41, 5.74) is -2.44. The van der Waals surface area contributed by atoms with Gasteiger partial charge in [0, 0.05) is 6.42 Å². The third-order valence-corrected chi connectivity index (χ3v) is 1.91. The first-order valence-electron chi connectivity index (χ1n) is 4.18. The summed E-state index contributed by atoms with van der Waals surface area (Å²) in [5, 5.41) is 0. The zero-order valence-corrected chi connectivity index (χ0v) is 7.38. The number of hydrogen-bond donors (Lipinski definition) is 0. The van der Waals surface area contributed by atoms with Gasteiger partial charge in [0.2, 0.25) is 5.78 Å². The quantitative estimate of drug-likeness (QED) is 0.480. The van der Waals surface area contributed by atoms with E-state index in [1.54, 1.807) is 13.0 Å². The summed E-state index contributed by atoms with van der Waals surface area (Å²) >= 11 is 0. The Balaban J connectivity index is 2.80. The van der Waals surface area contributed by atoms with Crippen molar-refractivity contribution in [1.29, 1.82) is 0 Å². The predicted octanol–water partition coefficient (Wildman–Crippen LogP) is 1.18. The Morgan fingerprint density at radius 2 is 2.46 bits per heavy atom. The third-order valence-electron chi connectivity index (χ3n) is 1.91. The van der Waals surface area contributed by atoms with Gasteiger partial charge in [-0.05, 0) is 19.4 Å². The molecule has 0 aromatic carbocycles. The van der Waals surface area contributed by atoms with Gasteiger partial charge in [0.1, 0.15) is 0 Å². The van der Waals surface area contributed by atoms with Gasteiger partial charge in [0.15, 0.2) is 0 Å². The van der Waals surface area contributed by atoms with Gasteiger partial charge in [0.25, 0.3) is 5.67 Å². The van der Waals surface area contributed by atoms with Crippen LogP contribution < -0.4 is 0 Å². The van der Waals surface area contributed by atoms with Crippen LogP contribution in [-0.2, 0) is 14.3 Å². The van der Waals surface area contributed by atoms with Crippen LogP contribution in [0.4, 0.5) is 4.39 Å². The molecule has 4 heteroatoms. The summed E-state index contributed by atoms with van der Waals surface area (Å²) in [7, 11) is 0. The summed E-state index contributed by atoms with van der Waals surface area (Å²) in [6, 6.07) is 0. The molecular formula is C9H11FO3. The SMILES string of the molecule is CCOC(=O)C1(F)CCC=CC1=O. The van der Waals surface area contributed by atoms with Crippen LogP contribution in [0, 0.1) is 0 Å². The number of esters is 1. The molecule has 0 aromatic heterocycles. The van der Waals surface area contributed by atoms with Crippen molar-refractivity contribution >= 4 is 11.8 Å². The number of rotatable bonds is 2. The zero-order valence-electron chi connectivity index (χ0n) is 7.38. The summed E-state index contributed by atoms with van der Waals surface area (Å²) < 4.78 is 18.2. The Hall–Kier alpha value is -1.19. The van der Waals surface area contributed by atoms with E-state index in [1.165, 1.54) is 0 Å². The maximum absolute atomic E-state index is 13.7. The number of allylic oxidation sites excluding steroid dienone is 2. The molecule has 1 unspecified atom stereocenters. The molecule has 0 aliphatic heterocycles. The molecule has 0 spiro atoms. The second-order valence-electron chi connectivity index (χ2n) is 2.83. The van der Waals surface area contributed by atoms with Crippen LogP contribution in [0.1, 0.15) is 19.8 Å². The smallest absolute Gasteiger partial charge is 0.352 e. The van der Waals surface area contributed by atoms with E-state index in [2.05, 4.69) is 4.74 Å². The second-order valence-corrected chi connectivity index (χ2v) is 2.83. The fraction of sp³-hybridized carbons (Fsp3) is 0.556. The minimum atomic E-state index is -2.44. The number of alkyl halides is 1. The lowest BCUT2D eigenvalue weighted by molar-refractivity contribution is -0.161. The van der Waals surface area contributed by atoms with Crippen molar-refractivity contribution in [2.24, 2.45) is 0 Å². The number of hydrogen-bond acceptors (Lipinski definition) is 3. The van der Waals surface area contributed by atoms with Gasteiger partial charge in [-0.2, -0.15) is 0 Å². The van der Waals surface area contributed by atoms with E-state index in [9.17, 15) is 14.0 Å². The van der Waals surface area contributed by atoms with Crippen LogP contribution in [-0.4, -0.2) is 24.0 Å². The average Bonchev–Trinajstić information content (AvgIpc) is 2.11. The molecule has 0 fully saturated rings. The standard InChI is InChI=1S/C9H11FO3/c1-2-13-8(12)9(10)6-4-3-5-7(9)11/h3,5H,2,4,6H2,1H3. The minimum Gasteiger partial charge on any atom is -0.463 e. The molecule has 0 radical (unpaired) electrons. The molecular weight excluding hydrogens is 175 g/mol. The Bertz CT molecular complexity index is 260. The molecule has 0 aromatic rings. The maximum Gasteiger partial charge on any atom is 0.352 e. The second kappa shape index (κ2) is 3.68. The fourth-order valence-electron chi connectivity index (χ4n) is 1.18. The Morgan fingerprint density at radius 3 is 3.00 bits per heavy atom. The van der Waals surface area contributed by atoms with Crippen LogP contribution in [0.25, 0.3) is 0 Å². The average molecular weight is 186 g/mol. The molecule has 0 saturated carbocycles. The molecule has 72 valence electrons. The summed E-state index contributed by atoms with van der Waals surface area (Å²) in [6.07, 6.45) is 2.93. The van der Waals surface area contributed by atoms with E-state index in [1.807, 2.05) is 0 Å². The molecule has 1 aliphatic rings. The van der Waals surface area contributed by atoms with Crippen LogP contribution in [0.15, 0.2) is 12.2 Å². The van der Waals surface area contributed by atoms with Crippen molar-refractivity contribution in [2.45, 2.75) is 25.4 Å². The molecule has 0 bridgehead atoms. The summed E-state index contributed by atoms with van der Waals surface area (Å²) in [5.74, 6) is -1.87. The first-order chi connectivity index (χ1) is 6.11. The number of carbonyl (C=O) groups is 2. The number of carbonyl (C=O) groups excluding carboxylic acids is 2. The maximum atomic E-state index is 13.7. The largest absolute Gasteiger partial charge is 0.463 e. The lowest BCUT2D eigenvalue weighted by atomic mass is 9.90. The first-order valence-corrected chi connectivity index (χ1v) is 4.18. The van der Waals surface area contributed by atoms with Crippen LogP contribution in [0.5, 0.6) is 0 Å². The first kappa shape index (κ1) is 9.89. The van der Waals surface area contributed by atoms with Gasteiger partial charge in [-0.25, -0.2) is 9.18 Å². The van der Waals surface area contributed by atoms with Crippen LogP contribution in [0.2, 0.25) is 0 Å². The lowest BCUT2D eigenvalue weighted by Crippen LogP contribution is -2.44. The zero-order chi connectivity index (χ0) is 9.90. The van der Waals surface area contributed by atoms with Crippen LogP contribution >= 0.6 is 0 Å². The van der Waals surface area contributed by atoms with Gasteiger partial charge in [-0.3, -0.25) is 4.79 Å². The highest BCUT2D eigenvalue weighted by atomic mass is 19.1. The normalized spacial score (nSPS) is 27.4. The van der Waals surface area contributed by atoms with E-state index in [0.717, 1.165) is 6.08 Å². The predicted molar refractivity (Wildman–Crippen MR) is 43.9 cm³/mol. The highest BCUT2D eigenvalue weighted by Crippen LogP contribution is 2.26. The molecule has 1 rings (SSSR count). The van der Waals surface area contributed by atoms with E-state index >= 15 is 0 Å². The highest BCUT2D eigenvalue weighted by Gasteiger charge is 2.47. The molecule has 1 atom stereocenters. The van der Waals surface area contributed by atoms with Gasteiger partial charge < -0.3 is 4.74 Å². The van der Waals surface area contributed by atoms with Crippen molar-refractivity contribution in [3.63, 3.8) is 0 Å². The molecule has 13 heavy (non-hydrogen) atoms. The van der Waals surface area contributed by atoms with Crippen molar-refractivity contribution < 1.29 is 18.7 Å². The van der Waals surface area contributed by atoms with Crippen molar-refractivity contribution in [3.8, 4) is 0 Å². The molecule has 0 amide bonds. The Kier molecular flexibility index (Phi) is 2.80. The van der Waals surface area contributed by atoms with Gasteiger partial charge >= 0.3 is 5.97 Å².